The van der Waals surface area contributed by atoms with Crippen molar-refractivity contribution in [3.8, 4) is 0 Å². The van der Waals surface area contributed by atoms with Gasteiger partial charge in [-0.05, 0) is 18.4 Å². The first-order valence-electron chi connectivity index (χ1n) is 6.42. The van der Waals surface area contributed by atoms with Gasteiger partial charge < -0.3 is 15.7 Å². The van der Waals surface area contributed by atoms with Gasteiger partial charge in [-0.2, -0.15) is 0 Å². The van der Waals surface area contributed by atoms with Crippen LogP contribution in [0.1, 0.15) is 30.9 Å². The molecule has 0 spiro atoms. The van der Waals surface area contributed by atoms with Crippen molar-refractivity contribution in [1.82, 2.24) is 4.90 Å². The number of carbonyl (C=O) groups is 2. The maximum Gasteiger partial charge on any atom is 0.305 e. The van der Waals surface area contributed by atoms with E-state index in [-0.39, 0.29) is 18.4 Å². The number of carbonyl (C=O) groups excluding carboxylic acids is 1. The molecule has 0 aliphatic carbocycles. The van der Waals surface area contributed by atoms with Gasteiger partial charge in [0.15, 0.2) is 0 Å². The molecule has 1 fully saturated rings. The van der Waals surface area contributed by atoms with Crippen LogP contribution in [0.5, 0.6) is 0 Å². The fourth-order valence-electron chi connectivity index (χ4n) is 2.52. The monoisotopic (exact) mass is 262 g/mol. The molecule has 3 N–H and O–H groups in total. The van der Waals surface area contributed by atoms with Crippen LogP contribution in [-0.4, -0.2) is 34.5 Å². The molecule has 0 saturated carbocycles. The van der Waals surface area contributed by atoms with E-state index in [1.807, 2.05) is 30.3 Å². The second-order valence-electron chi connectivity index (χ2n) is 4.81. The quantitative estimate of drug-likeness (QED) is 0.852. The van der Waals surface area contributed by atoms with Gasteiger partial charge in [0.25, 0.3) is 0 Å². The van der Waals surface area contributed by atoms with Crippen molar-refractivity contribution < 1.29 is 14.7 Å². The van der Waals surface area contributed by atoms with E-state index >= 15 is 0 Å². The van der Waals surface area contributed by atoms with Gasteiger partial charge in [-0.3, -0.25) is 9.59 Å². The molecule has 1 aromatic carbocycles. The van der Waals surface area contributed by atoms with Gasteiger partial charge in [-0.15, -0.1) is 0 Å². The van der Waals surface area contributed by atoms with E-state index in [0.717, 1.165) is 18.4 Å². The van der Waals surface area contributed by atoms with Gasteiger partial charge in [-0.1, -0.05) is 30.3 Å². The third-order valence-corrected chi connectivity index (χ3v) is 3.50. The molecule has 1 heterocycles. The largest absolute Gasteiger partial charge is 0.481 e. The Balaban J connectivity index is 2.08. The molecule has 2 rings (SSSR count). The third-order valence-electron chi connectivity index (χ3n) is 3.50. The second kappa shape index (κ2) is 5.84. The molecule has 1 saturated heterocycles. The molecule has 1 aliphatic heterocycles. The highest BCUT2D eigenvalue weighted by Crippen LogP contribution is 2.24. The van der Waals surface area contributed by atoms with Crippen molar-refractivity contribution in [1.29, 1.82) is 0 Å². The Morgan fingerprint density at radius 3 is 2.68 bits per heavy atom. The lowest BCUT2D eigenvalue weighted by Gasteiger charge is -2.26. The average Bonchev–Trinajstić information content (AvgIpc) is 2.85. The molecule has 0 radical (unpaired) electrons. The summed E-state index contributed by atoms with van der Waals surface area (Å²) in [5.74, 6) is -1.06. The van der Waals surface area contributed by atoms with Crippen LogP contribution in [0.25, 0.3) is 0 Å². The number of carboxylic acids is 1. The van der Waals surface area contributed by atoms with Gasteiger partial charge in [0.05, 0.1) is 6.42 Å². The Labute approximate surface area is 112 Å². The molecule has 2 atom stereocenters. The Morgan fingerprint density at radius 2 is 2.05 bits per heavy atom. The summed E-state index contributed by atoms with van der Waals surface area (Å²) in [6, 6.07) is 8.22. The Bertz CT molecular complexity index is 461. The molecule has 1 aliphatic rings. The number of hydrogen-bond acceptors (Lipinski definition) is 3. The maximum absolute atomic E-state index is 12.3. The van der Waals surface area contributed by atoms with Crippen molar-refractivity contribution in [3.05, 3.63) is 35.9 Å². The van der Waals surface area contributed by atoms with Crippen molar-refractivity contribution in [2.45, 2.75) is 31.3 Å². The van der Waals surface area contributed by atoms with E-state index in [1.54, 1.807) is 4.90 Å². The van der Waals surface area contributed by atoms with Crippen LogP contribution in [0.3, 0.4) is 0 Å². The number of hydrogen-bond donors (Lipinski definition) is 2. The van der Waals surface area contributed by atoms with Crippen LogP contribution in [0.2, 0.25) is 0 Å². The average molecular weight is 262 g/mol. The molecule has 19 heavy (non-hydrogen) atoms. The van der Waals surface area contributed by atoms with E-state index in [4.69, 9.17) is 10.8 Å². The normalized spacial score (nSPS) is 20.3. The zero-order valence-corrected chi connectivity index (χ0v) is 10.7. The van der Waals surface area contributed by atoms with Crippen molar-refractivity contribution in [2.24, 2.45) is 5.73 Å². The molecule has 5 nitrogen and oxygen atoms in total. The maximum atomic E-state index is 12.3. The molecule has 1 aromatic rings. The zero-order chi connectivity index (χ0) is 13.8. The molecule has 0 aromatic heterocycles. The lowest BCUT2D eigenvalue weighted by molar-refractivity contribution is -0.140. The van der Waals surface area contributed by atoms with E-state index in [1.165, 1.54) is 0 Å². The van der Waals surface area contributed by atoms with Gasteiger partial charge in [-0.25, -0.2) is 0 Å². The molecule has 1 amide bonds. The van der Waals surface area contributed by atoms with Gasteiger partial charge in [0.2, 0.25) is 5.91 Å². The molecular weight excluding hydrogens is 244 g/mol. The number of benzene rings is 1. The van der Waals surface area contributed by atoms with Crippen LogP contribution in [0.4, 0.5) is 0 Å². The minimum absolute atomic E-state index is 0.00670. The molecule has 102 valence electrons. The summed E-state index contributed by atoms with van der Waals surface area (Å²) in [7, 11) is 0. The number of likely N-dealkylation sites (tertiary alicyclic amines) is 1. The fourth-order valence-corrected chi connectivity index (χ4v) is 2.52. The van der Waals surface area contributed by atoms with Gasteiger partial charge in [0.1, 0.15) is 6.04 Å². The minimum Gasteiger partial charge on any atom is -0.481 e. The summed E-state index contributed by atoms with van der Waals surface area (Å²) < 4.78 is 0. The summed E-state index contributed by atoms with van der Waals surface area (Å²) in [6.07, 6.45) is 1.57. The minimum atomic E-state index is -0.877. The SMILES string of the molecule is N[C@H](C(=O)N1CCCC1CC(=O)O)c1ccccc1. The fraction of sp³-hybridized carbons (Fsp3) is 0.429. The third kappa shape index (κ3) is 3.12. The highest BCUT2D eigenvalue weighted by atomic mass is 16.4. The van der Waals surface area contributed by atoms with Crippen molar-refractivity contribution in [2.75, 3.05) is 6.54 Å². The van der Waals surface area contributed by atoms with Crippen LogP contribution in [-0.2, 0) is 9.59 Å². The lowest BCUT2D eigenvalue weighted by Crippen LogP contribution is -2.42. The van der Waals surface area contributed by atoms with E-state index in [9.17, 15) is 9.59 Å². The van der Waals surface area contributed by atoms with Crippen LogP contribution in [0, 0.1) is 0 Å². The highest BCUT2D eigenvalue weighted by Gasteiger charge is 2.33. The zero-order valence-electron chi connectivity index (χ0n) is 10.7. The van der Waals surface area contributed by atoms with Crippen molar-refractivity contribution in [3.63, 3.8) is 0 Å². The number of rotatable bonds is 4. The molecule has 1 unspecified atom stereocenters. The number of amides is 1. The summed E-state index contributed by atoms with van der Waals surface area (Å²) in [5, 5.41) is 8.86. The molecular formula is C14H18N2O3. The van der Waals surface area contributed by atoms with Crippen LogP contribution >= 0.6 is 0 Å². The standard InChI is InChI=1S/C14H18N2O3/c15-13(10-5-2-1-3-6-10)14(19)16-8-4-7-11(16)9-12(17)18/h1-3,5-6,11,13H,4,7-9,15H2,(H,17,18)/t11?,13-/m0/s1. The summed E-state index contributed by atoms with van der Waals surface area (Å²) in [6.45, 7) is 0.595. The number of aliphatic carboxylic acids is 1. The number of carboxylic acid groups (broad SMARTS) is 1. The topological polar surface area (TPSA) is 83.6 Å². The number of nitrogens with zero attached hydrogens (tertiary/aromatic N) is 1. The first kappa shape index (κ1) is 13.5. The lowest BCUT2D eigenvalue weighted by atomic mass is 10.1. The summed E-state index contributed by atoms with van der Waals surface area (Å²) in [5.41, 5.74) is 6.73. The first-order chi connectivity index (χ1) is 9.09. The first-order valence-corrected chi connectivity index (χ1v) is 6.42. The van der Waals surface area contributed by atoms with Crippen LogP contribution in [0.15, 0.2) is 30.3 Å². The second-order valence-corrected chi connectivity index (χ2v) is 4.81. The predicted molar refractivity (Wildman–Crippen MR) is 70.4 cm³/mol. The summed E-state index contributed by atoms with van der Waals surface area (Å²) >= 11 is 0. The Morgan fingerprint density at radius 1 is 1.37 bits per heavy atom. The Kier molecular flexibility index (Phi) is 4.16. The van der Waals surface area contributed by atoms with E-state index in [0.29, 0.717) is 6.54 Å². The molecule has 5 heteroatoms. The predicted octanol–water partition coefficient (Wildman–Crippen LogP) is 1.15. The highest BCUT2D eigenvalue weighted by molar-refractivity contribution is 5.84. The number of nitrogens with two attached hydrogens (primary N) is 1. The molecule has 0 bridgehead atoms. The smallest absolute Gasteiger partial charge is 0.305 e. The van der Waals surface area contributed by atoms with E-state index < -0.39 is 12.0 Å². The van der Waals surface area contributed by atoms with Gasteiger partial charge in [0, 0.05) is 12.6 Å². The Hall–Kier alpha value is -1.88. The summed E-state index contributed by atoms with van der Waals surface area (Å²) in [4.78, 5) is 24.8. The van der Waals surface area contributed by atoms with Gasteiger partial charge >= 0.3 is 5.97 Å². The van der Waals surface area contributed by atoms with Crippen LogP contribution < -0.4 is 5.73 Å². The van der Waals surface area contributed by atoms with Crippen molar-refractivity contribution >= 4 is 11.9 Å². The van der Waals surface area contributed by atoms with E-state index in [2.05, 4.69) is 0 Å².